The first-order chi connectivity index (χ1) is 14.2. The average Bonchev–Trinajstić information content (AvgIpc) is 3.37. The standard InChI is InChI=1S/C19H33N9O/c1-17-24-25-18(26(17)2)16-22-19(21-7-4-10-28-11-5-8-23-28)20-6-3-9-27-12-14-29-15-13-27/h5,8,11H,3-4,6-7,9-10,12-16H2,1-2H3,(H2,20,21,22). The number of aromatic nitrogens is 5. The minimum absolute atomic E-state index is 0.495. The number of morpholine rings is 1. The van der Waals surface area contributed by atoms with Gasteiger partial charge in [0.2, 0.25) is 0 Å². The lowest BCUT2D eigenvalue weighted by Gasteiger charge is -2.26. The van der Waals surface area contributed by atoms with Crippen LogP contribution in [0.1, 0.15) is 24.5 Å². The third-order valence-electron chi connectivity index (χ3n) is 5.02. The van der Waals surface area contributed by atoms with Crippen molar-refractivity contribution >= 4 is 5.96 Å². The van der Waals surface area contributed by atoms with Crippen molar-refractivity contribution in [3.63, 3.8) is 0 Å². The molecule has 2 aromatic heterocycles. The Kier molecular flexibility index (Phi) is 8.44. The molecule has 3 heterocycles. The molecule has 0 aliphatic carbocycles. The first kappa shape index (κ1) is 21.3. The minimum atomic E-state index is 0.495. The summed E-state index contributed by atoms with van der Waals surface area (Å²) in [6.45, 7) is 9.83. The van der Waals surface area contributed by atoms with Gasteiger partial charge < -0.3 is 19.9 Å². The molecule has 0 aromatic carbocycles. The number of hydrogen-bond donors (Lipinski definition) is 2. The second-order valence-electron chi connectivity index (χ2n) is 7.17. The number of guanidine groups is 1. The van der Waals surface area contributed by atoms with Gasteiger partial charge in [-0.2, -0.15) is 5.10 Å². The summed E-state index contributed by atoms with van der Waals surface area (Å²) in [7, 11) is 1.97. The van der Waals surface area contributed by atoms with E-state index in [1.807, 2.05) is 35.5 Å². The molecule has 0 saturated carbocycles. The number of aryl methyl sites for hydroxylation is 2. The maximum absolute atomic E-state index is 5.41. The van der Waals surface area contributed by atoms with Crippen molar-refractivity contribution in [2.75, 3.05) is 45.9 Å². The molecule has 0 amide bonds. The summed E-state index contributed by atoms with van der Waals surface area (Å²) in [6, 6.07) is 1.94. The van der Waals surface area contributed by atoms with Crippen molar-refractivity contribution in [1.82, 2.24) is 40.1 Å². The third kappa shape index (κ3) is 7.13. The van der Waals surface area contributed by atoms with Crippen LogP contribution >= 0.6 is 0 Å². The SMILES string of the molecule is Cc1nnc(CN=C(NCCCN2CCOCC2)NCCCn2cccn2)n1C. The highest BCUT2D eigenvalue weighted by Crippen LogP contribution is 2.00. The van der Waals surface area contributed by atoms with E-state index in [1.54, 1.807) is 6.20 Å². The topological polar surface area (TPSA) is 97.4 Å². The monoisotopic (exact) mass is 403 g/mol. The van der Waals surface area contributed by atoms with Crippen molar-refractivity contribution in [2.24, 2.45) is 12.0 Å². The summed E-state index contributed by atoms with van der Waals surface area (Å²) in [4.78, 5) is 7.15. The van der Waals surface area contributed by atoms with E-state index in [-0.39, 0.29) is 0 Å². The number of nitrogens with zero attached hydrogens (tertiary/aromatic N) is 7. The summed E-state index contributed by atoms with van der Waals surface area (Å²) in [6.07, 6.45) is 5.82. The van der Waals surface area contributed by atoms with Gasteiger partial charge in [0, 0.05) is 52.2 Å². The lowest BCUT2D eigenvalue weighted by atomic mass is 10.3. The molecule has 2 aromatic rings. The van der Waals surface area contributed by atoms with Gasteiger partial charge in [-0.15, -0.1) is 10.2 Å². The molecule has 1 aliphatic heterocycles. The first-order valence-electron chi connectivity index (χ1n) is 10.4. The van der Waals surface area contributed by atoms with Crippen LogP contribution in [-0.2, 0) is 24.9 Å². The fourth-order valence-electron chi connectivity index (χ4n) is 3.13. The van der Waals surface area contributed by atoms with E-state index in [4.69, 9.17) is 9.73 Å². The predicted octanol–water partition coefficient (Wildman–Crippen LogP) is 0.168. The normalized spacial score (nSPS) is 15.6. The van der Waals surface area contributed by atoms with Crippen LogP contribution in [0.5, 0.6) is 0 Å². The van der Waals surface area contributed by atoms with Crippen LogP contribution in [0.15, 0.2) is 23.5 Å². The van der Waals surface area contributed by atoms with E-state index < -0.39 is 0 Å². The van der Waals surface area contributed by atoms with Crippen LogP contribution in [0.25, 0.3) is 0 Å². The van der Waals surface area contributed by atoms with E-state index in [0.29, 0.717) is 6.54 Å². The van der Waals surface area contributed by atoms with Crippen molar-refractivity contribution in [3.8, 4) is 0 Å². The van der Waals surface area contributed by atoms with E-state index in [9.17, 15) is 0 Å². The van der Waals surface area contributed by atoms with Gasteiger partial charge in [-0.25, -0.2) is 4.99 Å². The number of aliphatic imine (C=N–C) groups is 1. The number of ether oxygens (including phenoxy) is 1. The van der Waals surface area contributed by atoms with Crippen LogP contribution in [-0.4, -0.2) is 81.3 Å². The lowest BCUT2D eigenvalue weighted by molar-refractivity contribution is 0.0376. The highest BCUT2D eigenvalue weighted by Gasteiger charge is 2.09. The van der Waals surface area contributed by atoms with Crippen molar-refractivity contribution in [1.29, 1.82) is 0 Å². The first-order valence-corrected chi connectivity index (χ1v) is 10.4. The summed E-state index contributed by atoms with van der Waals surface area (Å²) in [5.74, 6) is 2.56. The number of nitrogens with one attached hydrogen (secondary N) is 2. The van der Waals surface area contributed by atoms with Crippen LogP contribution in [0.2, 0.25) is 0 Å². The molecule has 0 bridgehead atoms. The molecular weight excluding hydrogens is 370 g/mol. The molecule has 10 nitrogen and oxygen atoms in total. The van der Waals surface area contributed by atoms with E-state index in [1.165, 1.54) is 0 Å². The summed E-state index contributed by atoms with van der Waals surface area (Å²) in [5.41, 5.74) is 0. The Bertz CT molecular complexity index is 735. The maximum atomic E-state index is 5.41. The second kappa shape index (κ2) is 11.5. The third-order valence-corrected chi connectivity index (χ3v) is 5.02. The van der Waals surface area contributed by atoms with Crippen LogP contribution in [0.4, 0.5) is 0 Å². The molecule has 1 fully saturated rings. The van der Waals surface area contributed by atoms with Crippen LogP contribution < -0.4 is 10.6 Å². The second-order valence-corrected chi connectivity index (χ2v) is 7.17. The zero-order valence-corrected chi connectivity index (χ0v) is 17.5. The number of rotatable bonds is 10. The quantitative estimate of drug-likeness (QED) is 0.331. The fourth-order valence-corrected chi connectivity index (χ4v) is 3.13. The van der Waals surface area contributed by atoms with Gasteiger partial charge in [0.15, 0.2) is 11.8 Å². The molecule has 0 radical (unpaired) electrons. The van der Waals surface area contributed by atoms with Gasteiger partial charge in [-0.3, -0.25) is 9.58 Å². The predicted molar refractivity (Wildman–Crippen MR) is 112 cm³/mol. The molecule has 160 valence electrons. The van der Waals surface area contributed by atoms with E-state index in [2.05, 4.69) is 30.8 Å². The molecule has 0 unspecified atom stereocenters. The van der Waals surface area contributed by atoms with Gasteiger partial charge in [-0.05, 0) is 32.4 Å². The van der Waals surface area contributed by atoms with Crippen LogP contribution in [0.3, 0.4) is 0 Å². The van der Waals surface area contributed by atoms with Gasteiger partial charge in [0.1, 0.15) is 12.4 Å². The Morgan fingerprint density at radius 2 is 1.90 bits per heavy atom. The molecule has 3 rings (SSSR count). The zero-order chi connectivity index (χ0) is 20.3. The lowest BCUT2D eigenvalue weighted by Crippen LogP contribution is -2.41. The van der Waals surface area contributed by atoms with Crippen LogP contribution in [0, 0.1) is 6.92 Å². The Labute approximate surface area is 172 Å². The highest BCUT2D eigenvalue weighted by atomic mass is 16.5. The molecular formula is C19H33N9O. The fraction of sp³-hybridized carbons (Fsp3) is 0.684. The summed E-state index contributed by atoms with van der Waals surface area (Å²) < 4.78 is 9.32. The molecule has 0 atom stereocenters. The van der Waals surface area contributed by atoms with Gasteiger partial charge in [-0.1, -0.05) is 0 Å². The Morgan fingerprint density at radius 1 is 1.14 bits per heavy atom. The van der Waals surface area contributed by atoms with Crippen molar-refractivity contribution in [3.05, 3.63) is 30.1 Å². The van der Waals surface area contributed by atoms with Crippen molar-refractivity contribution in [2.45, 2.75) is 32.9 Å². The molecule has 1 aliphatic rings. The minimum Gasteiger partial charge on any atom is -0.379 e. The Hall–Kier alpha value is -2.46. The maximum Gasteiger partial charge on any atom is 0.191 e. The van der Waals surface area contributed by atoms with E-state index in [0.717, 1.165) is 82.9 Å². The number of hydrogen-bond acceptors (Lipinski definition) is 6. The highest BCUT2D eigenvalue weighted by molar-refractivity contribution is 5.79. The van der Waals surface area contributed by atoms with Gasteiger partial charge in [0.25, 0.3) is 0 Å². The smallest absolute Gasteiger partial charge is 0.191 e. The summed E-state index contributed by atoms with van der Waals surface area (Å²) in [5, 5.41) is 19.4. The molecule has 0 spiro atoms. The van der Waals surface area contributed by atoms with Gasteiger partial charge >= 0.3 is 0 Å². The average molecular weight is 404 g/mol. The Balaban J connectivity index is 1.44. The molecule has 2 N–H and O–H groups in total. The van der Waals surface area contributed by atoms with E-state index >= 15 is 0 Å². The molecule has 29 heavy (non-hydrogen) atoms. The Morgan fingerprint density at radius 3 is 2.55 bits per heavy atom. The largest absolute Gasteiger partial charge is 0.379 e. The zero-order valence-electron chi connectivity index (χ0n) is 17.5. The van der Waals surface area contributed by atoms with Gasteiger partial charge in [0.05, 0.1) is 13.2 Å². The molecule has 1 saturated heterocycles. The molecule has 10 heteroatoms. The summed E-state index contributed by atoms with van der Waals surface area (Å²) >= 11 is 0. The van der Waals surface area contributed by atoms with Crippen molar-refractivity contribution < 1.29 is 4.74 Å².